The molecule has 10 heavy (non-hydrogen) atoms. The third-order valence-corrected chi connectivity index (χ3v) is 0.957. The monoisotopic (exact) mass is 148 g/mol. The van der Waals surface area contributed by atoms with E-state index < -0.39 is 6.16 Å². The lowest BCUT2D eigenvalue weighted by molar-refractivity contribution is 0.137. The van der Waals surface area contributed by atoms with Gasteiger partial charge in [0.2, 0.25) is 0 Å². The Morgan fingerprint density at radius 3 is 1.40 bits per heavy atom. The lowest BCUT2D eigenvalue weighted by atomic mass is 10.2. The van der Waals surface area contributed by atoms with Gasteiger partial charge in [0.25, 0.3) is 0 Å². The summed E-state index contributed by atoms with van der Waals surface area (Å²) in [6.45, 7) is 4.46. The number of carboxylic acid groups (broad SMARTS) is 2. The Kier molecular flexibility index (Phi) is 13.3. The fourth-order valence-corrected chi connectivity index (χ4v) is 0.500. The van der Waals surface area contributed by atoms with Crippen LogP contribution in [0.3, 0.4) is 0 Å². The summed E-state index contributed by atoms with van der Waals surface area (Å²) >= 11 is 0. The van der Waals surface area contributed by atoms with Gasteiger partial charge in [-0.25, -0.2) is 4.79 Å². The molecule has 3 heteroatoms. The summed E-state index contributed by atoms with van der Waals surface area (Å²) in [5.41, 5.74) is 0. The molecule has 0 rings (SSSR count). The number of hydrogen-bond acceptors (Lipinski definition) is 1. The van der Waals surface area contributed by atoms with Gasteiger partial charge < -0.3 is 10.2 Å². The highest BCUT2D eigenvalue weighted by Crippen LogP contribution is 1.95. The second-order valence-corrected chi connectivity index (χ2v) is 1.99. The molecule has 0 aliphatic carbocycles. The summed E-state index contributed by atoms with van der Waals surface area (Å²) in [4.78, 5) is 8.56. The van der Waals surface area contributed by atoms with E-state index in [1.165, 1.54) is 25.7 Å². The maximum Gasteiger partial charge on any atom is 0.503 e. The van der Waals surface area contributed by atoms with E-state index in [1.54, 1.807) is 0 Å². The summed E-state index contributed by atoms with van der Waals surface area (Å²) in [5, 5.41) is 13.9. The number of rotatable bonds is 3. The van der Waals surface area contributed by atoms with E-state index in [4.69, 9.17) is 15.0 Å². The molecule has 0 aliphatic heterocycles. The zero-order valence-electron chi connectivity index (χ0n) is 6.63. The van der Waals surface area contributed by atoms with Crippen molar-refractivity contribution in [2.24, 2.45) is 0 Å². The molecule has 3 nitrogen and oxygen atoms in total. The van der Waals surface area contributed by atoms with Crippen molar-refractivity contribution >= 4 is 6.16 Å². The molecular weight excluding hydrogens is 132 g/mol. The first kappa shape index (κ1) is 12.0. The zero-order chi connectivity index (χ0) is 8.41. The summed E-state index contributed by atoms with van der Waals surface area (Å²) < 4.78 is 0. The molecule has 0 aliphatic rings. The van der Waals surface area contributed by atoms with Gasteiger partial charge in [-0.2, -0.15) is 0 Å². The van der Waals surface area contributed by atoms with E-state index in [0.717, 1.165) is 0 Å². The quantitative estimate of drug-likeness (QED) is 0.605. The first-order chi connectivity index (χ1) is 4.65. The minimum absolute atomic E-state index is 1.36. The molecule has 62 valence electrons. The van der Waals surface area contributed by atoms with E-state index in [-0.39, 0.29) is 0 Å². The Balaban J connectivity index is 0. The molecular formula is C7H16O3. The van der Waals surface area contributed by atoms with Gasteiger partial charge in [-0.3, -0.25) is 0 Å². The van der Waals surface area contributed by atoms with E-state index in [0.29, 0.717) is 0 Å². The third kappa shape index (κ3) is 55.5. The number of unbranched alkanes of at least 4 members (excludes halogenated alkanes) is 3. The van der Waals surface area contributed by atoms with E-state index >= 15 is 0 Å². The van der Waals surface area contributed by atoms with Gasteiger partial charge in [-0.05, 0) is 0 Å². The van der Waals surface area contributed by atoms with Crippen molar-refractivity contribution in [1.82, 2.24) is 0 Å². The first-order valence-electron chi connectivity index (χ1n) is 3.57. The second kappa shape index (κ2) is 11.1. The molecule has 0 amide bonds. The van der Waals surface area contributed by atoms with E-state index in [9.17, 15) is 0 Å². The topological polar surface area (TPSA) is 57.5 Å². The Labute approximate surface area is 61.7 Å². The average molecular weight is 148 g/mol. The average Bonchev–Trinajstić information content (AvgIpc) is 1.82. The molecule has 0 atom stereocenters. The van der Waals surface area contributed by atoms with Crippen LogP contribution in [0.1, 0.15) is 39.5 Å². The standard InChI is InChI=1S/C6H14.CH2O3/c1-3-5-6-4-2;2-1(3)4/h3-6H2,1-2H3;(H2,2,3,4). The van der Waals surface area contributed by atoms with Gasteiger partial charge in [0.05, 0.1) is 0 Å². The van der Waals surface area contributed by atoms with Gasteiger partial charge in [0.15, 0.2) is 0 Å². The van der Waals surface area contributed by atoms with Crippen LogP contribution in [0.5, 0.6) is 0 Å². The molecule has 0 fully saturated rings. The van der Waals surface area contributed by atoms with Crippen molar-refractivity contribution < 1.29 is 15.0 Å². The van der Waals surface area contributed by atoms with Crippen LogP contribution < -0.4 is 0 Å². The van der Waals surface area contributed by atoms with Crippen LogP contribution in [0.2, 0.25) is 0 Å². The van der Waals surface area contributed by atoms with Crippen LogP contribution in [0, 0.1) is 0 Å². The van der Waals surface area contributed by atoms with Crippen molar-refractivity contribution in [3.8, 4) is 0 Å². The molecule has 0 aromatic rings. The van der Waals surface area contributed by atoms with Crippen molar-refractivity contribution in [2.75, 3.05) is 0 Å². The minimum Gasteiger partial charge on any atom is -0.450 e. The van der Waals surface area contributed by atoms with Crippen LogP contribution in [-0.4, -0.2) is 16.4 Å². The molecule has 2 N–H and O–H groups in total. The Morgan fingerprint density at radius 1 is 1.10 bits per heavy atom. The lowest BCUT2D eigenvalue weighted by Gasteiger charge is -1.86. The highest BCUT2D eigenvalue weighted by atomic mass is 16.6. The maximum atomic E-state index is 8.56. The Bertz CT molecular complexity index is 63.3. The molecule has 0 saturated heterocycles. The molecule has 0 radical (unpaired) electrons. The van der Waals surface area contributed by atoms with E-state index in [2.05, 4.69) is 13.8 Å². The van der Waals surface area contributed by atoms with Gasteiger partial charge in [-0.15, -0.1) is 0 Å². The van der Waals surface area contributed by atoms with Crippen LogP contribution in [0.15, 0.2) is 0 Å². The van der Waals surface area contributed by atoms with Crippen molar-refractivity contribution in [3.05, 3.63) is 0 Å². The Hall–Kier alpha value is -0.730. The minimum atomic E-state index is -1.83. The summed E-state index contributed by atoms with van der Waals surface area (Å²) in [6, 6.07) is 0. The van der Waals surface area contributed by atoms with Crippen molar-refractivity contribution in [3.63, 3.8) is 0 Å². The first-order valence-corrected chi connectivity index (χ1v) is 3.57. The van der Waals surface area contributed by atoms with E-state index in [1.807, 2.05) is 0 Å². The normalized spacial score (nSPS) is 7.80. The lowest BCUT2D eigenvalue weighted by Crippen LogP contribution is -1.81. The van der Waals surface area contributed by atoms with Crippen molar-refractivity contribution in [1.29, 1.82) is 0 Å². The van der Waals surface area contributed by atoms with Crippen LogP contribution in [0.4, 0.5) is 4.79 Å². The largest absolute Gasteiger partial charge is 0.503 e. The third-order valence-electron chi connectivity index (χ3n) is 0.957. The van der Waals surface area contributed by atoms with Crippen LogP contribution >= 0.6 is 0 Å². The second-order valence-electron chi connectivity index (χ2n) is 1.99. The van der Waals surface area contributed by atoms with Gasteiger partial charge in [0, 0.05) is 0 Å². The number of hydrogen-bond donors (Lipinski definition) is 2. The van der Waals surface area contributed by atoms with Gasteiger partial charge in [0.1, 0.15) is 0 Å². The summed E-state index contributed by atoms with van der Waals surface area (Å²) in [6.07, 6.45) is 3.70. The fourth-order valence-electron chi connectivity index (χ4n) is 0.500. The molecule has 0 aromatic heterocycles. The SMILES string of the molecule is CCCCCC.O=C(O)O. The van der Waals surface area contributed by atoms with Gasteiger partial charge in [-0.1, -0.05) is 39.5 Å². The molecule has 0 saturated carbocycles. The fraction of sp³-hybridized carbons (Fsp3) is 0.857. The maximum absolute atomic E-state index is 8.56. The van der Waals surface area contributed by atoms with Crippen LogP contribution in [0.25, 0.3) is 0 Å². The smallest absolute Gasteiger partial charge is 0.450 e. The summed E-state index contributed by atoms with van der Waals surface area (Å²) in [5.74, 6) is 0. The van der Waals surface area contributed by atoms with Crippen LogP contribution in [-0.2, 0) is 0 Å². The molecule has 0 bridgehead atoms. The zero-order valence-corrected chi connectivity index (χ0v) is 6.63. The highest BCUT2D eigenvalue weighted by molar-refractivity contribution is 5.53. The Morgan fingerprint density at radius 2 is 1.30 bits per heavy atom. The predicted octanol–water partition coefficient (Wildman–Crippen LogP) is 2.81. The molecule has 0 heterocycles. The highest BCUT2D eigenvalue weighted by Gasteiger charge is 1.75. The van der Waals surface area contributed by atoms with Gasteiger partial charge >= 0.3 is 6.16 Å². The van der Waals surface area contributed by atoms with Crippen molar-refractivity contribution in [2.45, 2.75) is 39.5 Å². The predicted molar refractivity (Wildman–Crippen MR) is 40.5 cm³/mol. The summed E-state index contributed by atoms with van der Waals surface area (Å²) in [7, 11) is 0. The molecule has 0 unspecified atom stereocenters. The molecule has 0 spiro atoms. The molecule has 0 aromatic carbocycles. The number of carbonyl (C=O) groups is 1.